The van der Waals surface area contributed by atoms with Gasteiger partial charge in [-0.25, -0.2) is 5.43 Å². The van der Waals surface area contributed by atoms with Gasteiger partial charge in [0.2, 0.25) is 0 Å². The van der Waals surface area contributed by atoms with Crippen LogP contribution in [0.3, 0.4) is 0 Å². The number of likely N-dealkylation sites (N-methyl/N-ethyl adjacent to an activating group) is 1. The maximum atomic E-state index is 5.86. The second kappa shape index (κ2) is 5.93. The lowest BCUT2D eigenvalue weighted by Gasteiger charge is -2.36. The highest BCUT2D eigenvalue weighted by Gasteiger charge is 2.29. The van der Waals surface area contributed by atoms with Crippen molar-refractivity contribution >= 4 is 11.3 Å². The van der Waals surface area contributed by atoms with Crippen molar-refractivity contribution in [2.75, 3.05) is 26.2 Å². The third-order valence-electron chi connectivity index (χ3n) is 3.36. The van der Waals surface area contributed by atoms with E-state index >= 15 is 0 Å². The number of nitrogens with one attached hydrogen (secondary N) is 1. The predicted octanol–water partition coefficient (Wildman–Crippen LogP) is 1.28. The van der Waals surface area contributed by atoms with E-state index in [4.69, 9.17) is 10.6 Å². The minimum atomic E-state index is 0.101. The molecule has 2 heterocycles. The lowest BCUT2D eigenvalue weighted by molar-refractivity contribution is -0.0451. The van der Waals surface area contributed by atoms with Gasteiger partial charge in [-0.15, -0.1) is 11.3 Å². The zero-order chi connectivity index (χ0) is 12.3. The topological polar surface area (TPSA) is 50.5 Å². The Balaban J connectivity index is 2.10. The zero-order valence-electron chi connectivity index (χ0n) is 10.5. The van der Waals surface area contributed by atoms with Gasteiger partial charge in [0.25, 0.3) is 0 Å². The Labute approximate surface area is 107 Å². The molecule has 5 heteroatoms. The molecule has 0 spiro atoms. The summed E-state index contributed by atoms with van der Waals surface area (Å²) in [5.74, 6) is 5.71. The van der Waals surface area contributed by atoms with Gasteiger partial charge in [-0.2, -0.15) is 0 Å². The summed E-state index contributed by atoms with van der Waals surface area (Å²) in [5, 5.41) is 2.11. The van der Waals surface area contributed by atoms with Crippen LogP contribution in [-0.4, -0.2) is 37.2 Å². The van der Waals surface area contributed by atoms with Gasteiger partial charge >= 0.3 is 0 Å². The van der Waals surface area contributed by atoms with Crippen molar-refractivity contribution in [2.24, 2.45) is 5.84 Å². The van der Waals surface area contributed by atoms with Crippen LogP contribution in [0.15, 0.2) is 11.4 Å². The number of morpholine rings is 1. The second-order valence-electron chi connectivity index (χ2n) is 4.41. The number of hydrogen-bond acceptors (Lipinski definition) is 5. The van der Waals surface area contributed by atoms with E-state index < -0.39 is 0 Å². The van der Waals surface area contributed by atoms with Crippen molar-refractivity contribution in [3.05, 3.63) is 21.9 Å². The van der Waals surface area contributed by atoms with E-state index in [0.717, 1.165) is 26.2 Å². The first-order valence-corrected chi connectivity index (χ1v) is 6.98. The first kappa shape index (κ1) is 13.0. The Morgan fingerprint density at radius 1 is 1.71 bits per heavy atom. The fourth-order valence-corrected chi connectivity index (χ4v) is 3.31. The predicted molar refractivity (Wildman–Crippen MR) is 71.0 cm³/mol. The third-order valence-corrected chi connectivity index (χ3v) is 4.46. The van der Waals surface area contributed by atoms with Crippen molar-refractivity contribution in [2.45, 2.75) is 26.0 Å². The van der Waals surface area contributed by atoms with Crippen molar-refractivity contribution in [1.82, 2.24) is 10.3 Å². The van der Waals surface area contributed by atoms with Crippen LogP contribution in [0.25, 0.3) is 0 Å². The molecule has 1 aromatic heterocycles. The molecule has 1 saturated heterocycles. The number of rotatable bonds is 4. The quantitative estimate of drug-likeness (QED) is 0.628. The first-order valence-electron chi connectivity index (χ1n) is 6.10. The van der Waals surface area contributed by atoms with Gasteiger partial charge < -0.3 is 4.74 Å². The molecule has 4 nitrogen and oxygen atoms in total. The van der Waals surface area contributed by atoms with E-state index in [-0.39, 0.29) is 12.1 Å². The number of thiophene rings is 1. The summed E-state index contributed by atoms with van der Waals surface area (Å²) in [6, 6.07) is 2.23. The lowest BCUT2D eigenvalue weighted by atomic mass is 10.1. The monoisotopic (exact) mass is 255 g/mol. The molecule has 3 N–H and O–H groups in total. The van der Waals surface area contributed by atoms with E-state index in [1.807, 2.05) is 0 Å². The van der Waals surface area contributed by atoms with Crippen LogP contribution in [-0.2, 0) is 4.74 Å². The maximum absolute atomic E-state index is 5.86. The molecule has 0 bridgehead atoms. The van der Waals surface area contributed by atoms with Crippen LogP contribution < -0.4 is 11.3 Å². The van der Waals surface area contributed by atoms with Crippen LogP contribution in [0.5, 0.6) is 0 Å². The summed E-state index contributed by atoms with van der Waals surface area (Å²) < 4.78 is 5.86. The summed E-state index contributed by atoms with van der Waals surface area (Å²) in [6.07, 6.45) is 0.144. The molecule has 17 heavy (non-hydrogen) atoms. The van der Waals surface area contributed by atoms with Crippen molar-refractivity contribution in [1.29, 1.82) is 0 Å². The number of nitrogens with zero attached hydrogens (tertiary/aromatic N) is 1. The number of hydrazine groups is 1. The fraction of sp³-hybridized carbons (Fsp3) is 0.667. The number of ether oxygens (including phenoxy) is 1. The van der Waals surface area contributed by atoms with E-state index in [2.05, 4.69) is 35.6 Å². The van der Waals surface area contributed by atoms with Crippen molar-refractivity contribution in [3.63, 3.8) is 0 Å². The SMILES string of the molecule is CCN1CCOC(C(NN)c2sccc2C)C1. The Bertz CT molecular complexity index is 355. The van der Waals surface area contributed by atoms with Gasteiger partial charge in [0.1, 0.15) is 0 Å². The molecule has 0 aliphatic carbocycles. The summed E-state index contributed by atoms with van der Waals surface area (Å²) in [5.41, 5.74) is 4.21. The average Bonchev–Trinajstić information content (AvgIpc) is 2.77. The molecule has 1 fully saturated rings. The van der Waals surface area contributed by atoms with Crippen LogP contribution in [0.4, 0.5) is 0 Å². The van der Waals surface area contributed by atoms with E-state index in [1.165, 1.54) is 10.4 Å². The highest BCUT2D eigenvalue weighted by Crippen LogP contribution is 2.28. The van der Waals surface area contributed by atoms with Gasteiger partial charge in [0, 0.05) is 18.0 Å². The maximum Gasteiger partial charge on any atom is 0.0917 e. The number of aryl methyl sites for hydroxylation is 1. The van der Waals surface area contributed by atoms with Crippen LogP contribution >= 0.6 is 11.3 Å². The third kappa shape index (κ3) is 2.86. The molecule has 1 aliphatic heterocycles. The minimum Gasteiger partial charge on any atom is -0.373 e. The molecule has 0 radical (unpaired) electrons. The average molecular weight is 255 g/mol. The highest BCUT2D eigenvalue weighted by atomic mass is 32.1. The van der Waals surface area contributed by atoms with Gasteiger partial charge in [0.05, 0.1) is 18.8 Å². The van der Waals surface area contributed by atoms with Gasteiger partial charge in [0.15, 0.2) is 0 Å². The zero-order valence-corrected chi connectivity index (χ0v) is 11.3. The van der Waals surface area contributed by atoms with Crippen LogP contribution in [0.1, 0.15) is 23.4 Å². The Kier molecular flexibility index (Phi) is 4.53. The molecule has 2 atom stereocenters. The molecular weight excluding hydrogens is 234 g/mol. The van der Waals surface area contributed by atoms with Gasteiger partial charge in [-0.3, -0.25) is 10.7 Å². The Hall–Kier alpha value is -0.460. The smallest absolute Gasteiger partial charge is 0.0917 e. The summed E-state index contributed by atoms with van der Waals surface area (Å²) >= 11 is 1.74. The van der Waals surface area contributed by atoms with Crippen LogP contribution in [0, 0.1) is 6.92 Å². The van der Waals surface area contributed by atoms with Crippen molar-refractivity contribution < 1.29 is 4.74 Å². The first-order chi connectivity index (χ1) is 8.26. The highest BCUT2D eigenvalue weighted by molar-refractivity contribution is 7.10. The molecule has 0 saturated carbocycles. The fourth-order valence-electron chi connectivity index (χ4n) is 2.28. The van der Waals surface area contributed by atoms with E-state index in [9.17, 15) is 0 Å². The minimum absolute atomic E-state index is 0.101. The van der Waals surface area contributed by atoms with Crippen molar-refractivity contribution in [3.8, 4) is 0 Å². The normalized spacial score (nSPS) is 23.8. The number of hydrogen-bond donors (Lipinski definition) is 2. The molecular formula is C12H21N3OS. The molecule has 0 amide bonds. The lowest BCUT2D eigenvalue weighted by Crippen LogP contribution is -2.49. The number of nitrogens with two attached hydrogens (primary N) is 1. The Morgan fingerprint density at radius 3 is 3.12 bits per heavy atom. The molecule has 1 aromatic rings. The molecule has 2 rings (SSSR count). The standard InChI is InChI=1S/C12H21N3OS/c1-3-15-5-6-16-10(8-15)11(14-13)12-9(2)4-7-17-12/h4,7,10-11,14H,3,5-6,8,13H2,1-2H3. The van der Waals surface area contributed by atoms with Gasteiger partial charge in [-0.05, 0) is 30.5 Å². The van der Waals surface area contributed by atoms with E-state index in [0.29, 0.717) is 0 Å². The van der Waals surface area contributed by atoms with Gasteiger partial charge in [-0.1, -0.05) is 6.92 Å². The molecule has 1 aliphatic rings. The molecule has 0 aromatic carbocycles. The largest absolute Gasteiger partial charge is 0.373 e. The summed E-state index contributed by atoms with van der Waals surface area (Å²) in [4.78, 5) is 3.69. The molecule has 2 unspecified atom stereocenters. The second-order valence-corrected chi connectivity index (χ2v) is 5.36. The molecule has 96 valence electrons. The van der Waals surface area contributed by atoms with E-state index in [1.54, 1.807) is 11.3 Å². The summed E-state index contributed by atoms with van der Waals surface area (Å²) in [7, 11) is 0. The Morgan fingerprint density at radius 2 is 2.53 bits per heavy atom. The summed E-state index contributed by atoms with van der Waals surface area (Å²) in [6.45, 7) is 8.14. The van der Waals surface area contributed by atoms with Crippen LogP contribution in [0.2, 0.25) is 0 Å².